The Morgan fingerprint density at radius 3 is 2.76 bits per heavy atom. The number of sulfonamides is 1. The maximum Gasteiger partial charge on any atom is 0.244 e. The first-order valence-electron chi connectivity index (χ1n) is 6.63. The van der Waals surface area contributed by atoms with Gasteiger partial charge in [0.1, 0.15) is 17.0 Å². The predicted molar refractivity (Wildman–Crippen MR) is 75.7 cm³/mol. The van der Waals surface area contributed by atoms with Crippen LogP contribution in [-0.4, -0.2) is 40.3 Å². The van der Waals surface area contributed by atoms with Crippen molar-refractivity contribution < 1.29 is 8.42 Å². The summed E-state index contributed by atoms with van der Waals surface area (Å²) in [5.74, 6) is 0.449. The van der Waals surface area contributed by atoms with E-state index in [9.17, 15) is 8.42 Å². The maximum atomic E-state index is 12.4. The first kappa shape index (κ1) is 15.6. The van der Waals surface area contributed by atoms with Crippen molar-refractivity contribution in [3.63, 3.8) is 0 Å². The average Bonchev–Trinajstić information content (AvgIpc) is 3.07. The molecule has 0 fully saturated rings. The van der Waals surface area contributed by atoms with Crippen LogP contribution in [0.25, 0.3) is 0 Å². The summed E-state index contributed by atoms with van der Waals surface area (Å²) in [5.41, 5.74) is 0.986. The van der Waals surface area contributed by atoms with Gasteiger partial charge in [0.2, 0.25) is 10.0 Å². The Labute approximate surface area is 123 Å². The summed E-state index contributed by atoms with van der Waals surface area (Å²) in [7, 11) is -3.66. The van der Waals surface area contributed by atoms with Crippen LogP contribution in [0.3, 0.4) is 0 Å². The monoisotopic (exact) mass is 313 g/mol. The molecule has 4 N–H and O–H groups in total. The summed E-state index contributed by atoms with van der Waals surface area (Å²) in [6.45, 7) is 4.97. The van der Waals surface area contributed by atoms with Crippen molar-refractivity contribution in [3.8, 4) is 0 Å². The van der Waals surface area contributed by atoms with Crippen molar-refractivity contribution in [1.29, 1.82) is 0 Å². The van der Waals surface area contributed by atoms with E-state index >= 15 is 0 Å². The molecule has 2 rings (SSSR count). The lowest BCUT2D eigenvalue weighted by molar-refractivity contribution is 0.575. The Kier molecular flexibility index (Phi) is 5.04. The molecule has 0 aliphatic rings. The molecule has 0 amide bonds. The van der Waals surface area contributed by atoms with Crippen molar-refractivity contribution >= 4 is 10.0 Å². The topological polar surface area (TPSA) is 128 Å². The van der Waals surface area contributed by atoms with E-state index in [1.807, 2.05) is 6.92 Å². The fourth-order valence-corrected chi connectivity index (χ4v) is 3.23. The summed E-state index contributed by atoms with van der Waals surface area (Å²) in [6, 6.07) is 0. The van der Waals surface area contributed by atoms with Crippen LogP contribution in [0.4, 0.5) is 0 Å². The number of aryl methyl sites for hydroxylation is 1. The van der Waals surface area contributed by atoms with Crippen molar-refractivity contribution in [2.45, 2.75) is 38.3 Å². The molecule has 2 heterocycles. The summed E-state index contributed by atoms with van der Waals surface area (Å²) >= 11 is 0. The van der Waals surface area contributed by atoms with Gasteiger partial charge in [-0.2, -0.15) is 10.2 Å². The van der Waals surface area contributed by atoms with Gasteiger partial charge in [-0.15, -0.1) is 0 Å². The molecule has 10 heteroatoms. The number of nitrogens with zero attached hydrogens (tertiary/aromatic N) is 3. The van der Waals surface area contributed by atoms with Crippen molar-refractivity contribution in [1.82, 2.24) is 35.4 Å². The summed E-state index contributed by atoms with van der Waals surface area (Å²) < 4.78 is 27.3. The van der Waals surface area contributed by atoms with Crippen LogP contribution in [0.15, 0.2) is 11.2 Å². The number of nitrogens with one attached hydrogen (secondary N) is 4. The zero-order chi connectivity index (χ0) is 15.3. The molecule has 0 aliphatic heterocycles. The van der Waals surface area contributed by atoms with Crippen LogP contribution in [0.2, 0.25) is 0 Å². The third-order valence-electron chi connectivity index (χ3n) is 2.84. The average molecular weight is 313 g/mol. The molecule has 0 radical (unpaired) electrons. The lowest BCUT2D eigenvalue weighted by atomic mass is 10.3. The second-order valence-electron chi connectivity index (χ2n) is 4.56. The van der Waals surface area contributed by atoms with E-state index in [0.29, 0.717) is 23.8 Å². The minimum Gasteiger partial charge on any atom is -0.311 e. The molecular formula is C11H19N7O2S. The predicted octanol–water partition coefficient (Wildman–Crippen LogP) is -0.186. The summed E-state index contributed by atoms with van der Waals surface area (Å²) in [6.07, 6.45) is 2.29. The fraction of sp³-hybridized carbons (Fsp3) is 0.545. The highest BCUT2D eigenvalue weighted by atomic mass is 32.2. The van der Waals surface area contributed by atoms with Crippen LogP contribution >= 0.6 is 0 Å². The molecule has 2 aromatic rings. The lowest BCUT2D eigenvalue weighted by Gasteiger charge is -2.07. The molecule has 0 aliphatic carbocycles. The van der Waals surface area contributed by atoms with E-state index < -0.39 is 10.0 Å². The standard InChI is InChI=1S/C11H19N7O2S/c1-3-4-12-5-9-11(8(2)16-17-9)21(19,20)15-6-10-13-7-14-18-10/h7,12,15H,3-6H2,1-2H3,(H,16,17)(H,13,14,18). The third-order valence-corrected chi connectivity index (χ3v) is 4.45. The van der Waals surface area contributed by atoms with Gasteiger partial charge in [-0.3, -0.25) is 10.2 Å². The molecule has 9 nitrogen and oxygen atoms in total. The van der Waals surface area contributed by atoms with E-state index in [0.717, 1.165) is 13.0 Å². The highest BCUT2D eigenvalue weighted by Gasteiger charge is 2.24. The number of aromatic amines is 2. The summed E-state index contributed by atoms with van der Waals surface area (Å²) in [5, 5.41) is 16.2. The molecule has 0 unspecified atom stereocenters. The first-order valence-corrected chi connectivity index (χ1v) is 8.11. The molecule has 116 valence electrons. The van der Waals surface area contributed by atoms with Crippen molar-refractivity contribution in [2.24, 2.45) is 0 Å². The fourth-order valence-electron chi connectivity index (χ4n) is 1.88. The number of hydrogen-bond acceptors (Lipinski definition) is 6. The van der Waals surface area contributed by atoms with Gasteiger partial charge in [-0.05, 0) is 19.9 Å². The van der Waals surface area contributed by atoms with Gasteiger partial charge < -0.3 is 5.32 Å². The molecule has 0 saturated heterocycles. The second-order valence-corrected chi connectivity index (χ2v) is 6.26. The van der Waals surface area contributed by atoms with Crippen molar-refractivity contribution in [2.75, 3.05) is 6.54 Å². The highest BCUT2D eigenvalue weighted by molar-refractivity contribution is 7.89. The number of rotatable bonds is 8. The van der Waals surface area contributed by atoms with E-state index in [2.05, 4.69) is 35.4 Å². The van der Waals surface area contributed by atoms with Crippen LogP contribution in [-0.2, 0) is 23.1 Å². The SMILES string of the molecule is CCCNCc1n[nH]c(C)c1S(=O)(=O)NCc1ncn[nH]1. The van der Waals surface area contributed by atoms with Crippen LogP contribution in [0.1, 0.15) is 30.6 Å². The Morgan fingerprint density at radius 2 is 2.10 bits per heavy atom. The molecule has 0 spiro atoms. The van der Waals surface area contributed by atoms with Gasteiger partial charge in [-0.25, -0.2) is 18.1 Å². The zero-order valence-electron chi connectivity index (χ0n) is 12.0. The highest BCUT2D eigenvalue weighted by Crippen LogP contribution is 2.17. The first-order chi connectivity index (χ1) is 10.0. The van der Waals surface area contributed by atoms with Gasteiger partial charge in [-0.1, -0.05) is 6.92 Å². The Hall–Kier alpha value is -1.78. The van der Waals surface area contributed by atoms with Gasteiger partial charge >= 0.3 is 0 Å². The van der Waals surface area contributed by atoms with E-state index in [1.165, 1.54) is 6.33 Å². The molecule has 21 heavy (non-hydrogen) atoms. The Balaban J connectivity index is 2.13. The molecule has 0 aromatic carbocycles. The van der Waals surface area contributed by atoms with Crippen LogP contribution in [0, 0.1) is 6.92 Å². The number of hydrogen-bond donors (Lipinski definition) is 4. The minimum atomic E-state index is -3.66. The molecule has 0 saturated carbocycles. The van der Waals surface area contributed by atoms with Gasteiger partial charge in [0.15, 0.2) is 0 Å². The lowest BCUT2D eigenvalue weighted by Crippen LogP contribution is -2.26. The van der Waals surface area contributed by atoms with E-state index in [-0.39, 0.29) is 11.4 Å². The van der Waals surface area contributed by atoms with Crippen LogP contribution < -0.4 is 10.0 Å². The van der Waals surface area contributed by atoms with Crippen LogP contribution in [0.5, 0.6) is 0 Å². The van der Waals surface area contributed by atoms with Gasteiger partial charge in [0.05, 0.1) is 17.9 Å². The Bertz CT molecular complexity index is 663. The minimum absolute atomic E-state index is 0.0504. The van der Waals surface area contributed by atoms with E-state index in [4.69, 9.17) is 0 Å². The smallest absolute Gasteiger partial charge is 0.244 e. The zero-order valence-corrected chi connectivity index (χ0v) is 12.8. The van der Waals surface area contributed by atoms with E-state index in [1.54, 1.807) is 6.92 Å². The maximum absolute atomic E-state index is 12.4. The van der Waals surface area contributed by atoms with Crippen molar-refractivity contribution in [3.05, 3.63) is 23.5 Å². The molecule has 0 bridgehead atoms. The quantitative estimate of drug-likeness (QED) is 0.500. The molecular weight excluding hydrogens is 294 g/mol. The molecule has 2 aromatic heterocycles. The van der Waals surface area contributed by atoms with Gasteiger partial charge in [0.25, 0.3) is 0 Å². The number of aromatic nitrogens is 5. The molecule has 0 atom stereocenters. The Morgan fingerprint density at radius 1 is 1.29 bits per heavy atom. The normalized spacial score (nSPS) is 11.9. The second kappa shape index (κ2) is 6.78. The summed E-state index contributed by atoms with van der Waals surface area (Å²) in [4.78, 5) is 4.06. The largest absolute Gasteiger partial charge is 0.311 e. The number of H-pyrrole nitrogens is 2. The van der Waals surface area contributed by atoms with Gasteiger partial charge in [0, 0.05) is 6.54 Å². The third kappa shape index (κ3) is 3.86.